The number of ether oxygens (including phenoxy) is 1. The summed E-state index contributed by atoms with van der Waals surface area (Å²) < 4.78 is 5.50. The molecule has 1 N–H and O–H groups in total. The Morgan fingerprint density at radius 1 is 1.39 bits per heavy atom. The molecule has 0 saturated carbocycles. The van der Waals surface area contributed by atoms with Crippen molar-refractivity contribution in [3.63, 3.8) is 0 Å². The summed E-state index contributed by atoms with van der Waals surface area (Å²) in [6.07, 6.45) is 0.757. The van der Waals surface area contributed by atoms with Crippen LogP contribution in [-0.2, 0) is 6.42 Å². The number of aromatic nitrogens is 2. The number of nitrogens with one attached hydrogen (secondary N) is 1. The van der Waals surface area contributed by atoms with Crippen molar-refractivity contribution in [3.05, 3.63) is 35.8 Å². The Morgan fingerprint density at radius 3 is 2.94 bits per heavy atom. The monoisotopic (exact) mass is 264 g/mol. The molecule has 0 atom stereocenters. The SMILES string of the molecule is CCOc1cccc(-c2nc(CCCl)[nH]c2C)c1. The highest BCUT2D eigenvalue weighted by molar-refractivity contribution is 6.17. The number of benzene rings is 1. The first-order valence-electron chi connectivity index (χ1n) is 6.09. The summed E-state index contributed by atoms with van der Waals surface area (Å²) in [6.45, 7) is 4.67. The van der Waals surface area contributed by atoms with Crippen LogP contribution in [0.5, 0.6) is 5.75 Å². The van der Waals surface area contributed by atoms with Crippen LogP contribution in [0.15, 0.2) is 24.3 Å². The third kappa shape index (κ3) is 2.85. The third-order valence-corrected chi connectivity index (χ3v) is 2.87. The summed E-state index contributed by atoms with van der Waals surface area (Å²) >= 11 is 5.73. The van der Waals surface area contributed by atoms with Crippen molar-refractivity contribution in [1.82, 2.24) is 9.97 Å². The molecule has 0 unspecified atom stereocenters. The van der Waals surface area contributed by atoms with E-state index in [1.165, 1.54) is 0 Å². The lowest BCUT2D eigenvalue weighted by Gasteiger charge is -2.04. The molecule has 1 aromatic carbocycles. The maximum atomic E-state index is 5.73. The van der Waals surface area contributed by atoms with Crippen LogP contribution in [0.4, 0.5) is 0 Å². The normalized spacial score (nSPS) is 10.6. The van der Waals surface area contributed by atoms with E-state index in [9.17, 15) is 0 Å². The minimum absolute atomic E-state index is 0.575. The van der Waals surface area contributed by atoms with Gasteiger partial charge in [0.15, 0.2) is 0 Å². The number of halogens is 1. The molecular weight excluding hydrogens is 248 g/mol. The lowest BCUT2D eigenvalue weighted by atomic mass is 10.1. The molecule has 0 saturated heterocycles. The second-order valence-corrected chi connectivity index (χ2v) is 4.43. The largest absolute Gasteiger partial charge is 0.494 e. The number of hydrogen-bond donors (Lipinski definition) is 1. The van der Waals surface area contributed by atoms with Gasteiger partial charge in [0.1, 0.15) is 11.6 Å². The number of alkyl halides is 1. The van der Waals surface area contributed by atoms with Crippen LogP contribution in [0.1, 0.15) is 18.4 Å². The van der Waals surface area contributed by atoms with E-state index < -0.39 is 0 Å². The number of aryl methyl sites for hydroxylation is 2. The fraction of sp³-hybridized carbons (Fsp3) is 0.357. The molecule has 0 amide bonds. The van der Waals surface area contributed by atoms with E-state index in [1.54, 1.807) is 0 Å². The quantitative estimate of drug-likeness (QED) is 0.839. The fourth-order valence-corrected chi connectivity index (χ4v) is 2.09. The van der Waals surface area contributed by atoms with E-state index in [0.717, 1.165) is 34.9 Å². The predicted molar refractivity (Wildman–Crippen MR) is 74.4 cm³/mol. The van der Waals surface area contributed by atoms with Crippen molar-refractivity contribution in [3.8, 4) is 17.0 Å². The standard InChI is InChI=1S/C14H17ClN2O/c1-3-18-12-6-4-5-11(9-12)14-10(2)16-13(17-14)7-8-15/h4-6,9H,3,7-8H2,1-2H3,(H,16,17). The Kier molecular flexibility index (Phi) is 4.26. The van der Waals surface area contributed by atoms with Crippen LogP contribution in [0.25, 0.3) is 11.3 Å². The van der Waals surface area contributed by atoms with Gasteiger partial charge in [-0.2, -0.15) is 0 Å². The zero-order chi connectivity index (χ0) is 13.0. The van der Waals surface area contributed by atoms with Gasteiger partial charge in [0.25, 0.3) is 0 Å². The molecule has 0 radical (unpaired) electrons. The first-order chi connectivity index (χ1) is 8.74. The smallest absolute Gasteiger partial charge is 0.119 e. The van der Waals surface area contributed by atoms with E-state index >= 15 is 0 Å². The summed E-state index contributed by atoms with van der Waals surface area (Å²) in [5.41, 5.74) is 3.09. The van der Waals surface area contributed by atoms with Crippen LogP contribution in [0.3, 0.4) is 0 Å². The van der Waals surface area contributed by atoms with Crippen LogP contribution in [0, 0.1) is 6.92 Å². The molecule has 0 fully saturated rings. The number of nitrogens with zero attached hydrogens (tertiary/aromatic N) is 1. The molecular formula is C14H17ClN2O. The molecule has 0 spiro atoms. The number of hydrogen-bond acceptors (Lipinski definition) is 2. The van der Waals surface area contributed by atoms with Gasteiger partial charge in [0, 0.05) is 23.6 Å². The van der Waals surface area contributed by atoms with E-state index in [1.807, 2.05) is 38.1 Å². The summed E-state index contributed by atoms with van der Waals surface area (Å²) in [5.74, 6) is 2.38. The lowest BCUT2D eigenvalue weighted by molar-refractivity contribution is 0.340. The van der Waals surface area contributed by atoms with Gasteiger partial charge in [-0.3, -0.25) is 0 Å². The zero-order valence-electron chi connectivity index (χ0n) is 10.7. The van der Waals surface area contributed by atoms with Crippen molar-refractivity contribution < 1.29 is 4.74 Å². The number of rotatable bonds is 5. The van der Waals surface area contributed by atoms with E-state index in [0.29, 0.717) is 12.5 Å². The molecule has 1 heterocycles. The van der Waals surface area contributed by atoms with Crippen LogP contribution in [0.2, 0.25) is 0 Å². The van der Waals surface area contributed by atoms with E-state index in [2.05, 4.69) is 9.97 Å². The highest BCUT2D eigenvalue weighted by Crippen LogP contribution is 2.25. The van der Waals surface area contributed by atoms with Crippen molar-refractivity contribution in [2.75, 3.05) is 12.5 Å². The third-order valence-electron chi connectivity index (χ3n) is 2.68. The van der Waals surface area contributed by atoms with E-state index in [-0.39, 0.29) is 0 Å². The molecule has 2 rings (SSSR count). The second kappa shape index (κ2) is 5.91. The first kappa shape index (κ1) is 13.0. The summed E-state index contributed by atoms with van der Waals surface area (Å²) in [4.78, 5) is 7.83. The number of imidazole rings is 1. The van der Waals surface area contributed by atoms with Gasteiger partial charge in [-0.05, 0) is 26.0 Å². The minimum atomic E-state index is 0.575. The van der Waals surface area contributed by atoms with Gasteiger partial charge in [-0.1, -0.05) is 12.1 Å². The topological polar surface area (TPSA) is 37.9 Å². The van der Waals surface area contributed by atoms with Gasteiger partial charge in [-0.25, -0.2) is 4.98 Å². The number of H-pyrrole nitrogens is 1. The van der Waals surface area contributed by atoms with Gasteiger partial charge >= 0.3 is 0 Å². The number of aromatic amines is 1. The summed E-state index contributed by atoms with van der Waals surface area (Å²) in [5, 5.41) is 0. The van der Waals surface area contributed by atoms with Crippen molar-refractivity contribution in [2.24, 2.45) is 0 Å². The van der Waals surface area contributed by atoms with Gasteiger partial charge in [0.05, 0.1) is 12.3 Å². The Balaban J connectivity index is 2.32. The Morgan fingerprint density at radius 2 is 2.22 bits per heavy atom. The Labute approximate surface area is 112 Å². The maximum absolute atomic E-state index is 5.73. The minimum Gasteiger partial charge on any atom is -0.494 e. The maximum Gasteiger partial charge on any atom is 0.119 e. The molecule has 4 heteroatoms. The molecule has 1 aromatic heterocycles. The molecule has 0 aliphatic heterocycles. The molecule has 18 heavy (non-hydrogen) atoms. The molecule has 0 bridgehead atoms. The molecule has 2 aromatic rings. The fourth-order valence-electron chi connectivity index (χ4n) is 1.91. The summed E-state index contributed by atoms with van der Waals surface area (Å²) in [6, 6.07) is 7.98. The average molecular weight is 265 g/mol. The highest BCUT2D eigenvalue weighted by Gasteiger charge is 2.09. The van der Waals surface area contributed by atoms with Crippen LogP contribution >= 0.6 is 11.6 Å². The summed E-state index contributed by atoms with van der Waals surface area (Å²) in [7, 11) is 0. The van der Waals surface area contributed by atoms with Gasteiger partial charge in [0.2, 0.25) is 0 Å². The van der Waals surface area contributed by atoms with Gasteiger partial charge in [-0.15, -0.1) is 11.6 Å². The molecule has 3 nitrogen and oxygen atoms in total. The molecule has 0 aliphatic rings. The van der Waals surface area contributed by atoms with Crippen molar-refractivity contribution in [1.29, 1.82) is 0 Å². The Hall–Kier alpha value is -1.48. The lowest BCUT2D eigenvalue weighted by Crippen LogP contribution is -1.91. The van der Waals surface area contributed by atoms with Gasteiger partial charge < -0.3 is 9.72 Å². The predicted octanol–water partition coefficient (Wildman–Crippen LogP) is 3.57. The molecule has 96 valence electrons. The zero-order valence-corrected chi connectivity index (χ0v) is 11.4. The van der Waals surface area contributed by atoms with Crippen LogP contribution < -0.4 is 4.74 Å². The second-order valence-electron chi connectivity index (χ2n) is 4.06. The van der Waals surface area contributed by atoms with E-state index in [4.69, 9.17) is 16.3 Å². The average Bonchev–Trinajstić information content (AvgIpc) is 2.72. The van der Waals surface area contributed by atoms with Crippen molar-refractivity contribution in [2.45, 2.75) is 20.3 Å². The first-order valence-corrected chi connectivity index (χ1v) is 6.62. The van der Waals surface area contributed by atoms with Crippen LogP contribution in [-0.4, -0.2) is 22.5 Å². The molecule has 0 aliphatic carbocycles. The highest BCUT2D eigenvalue weighted by atomic mass is 35.5. The van der Waals surface area contributed by atoms with Crippen molar-refractivity contribution >= 4 is 11.6 Å². The Bertz CT molecular complexity index is 522.